The molecule has 0 aromatic rings. The molecule has 18 heavy (non-hydrogen) atoms. The van der Waals surface area contributed by atoms with E-state index < -0.39 is 0 Å². The van der Waals surface area contributed by atoms with E-state index in [0.29, 0.717) is 12.4 Å². The summed E-state index contributed by atoms with van der Waals surface area (Å²) in [7, 11) is 0. The first-order valence-electron chi connectivity index (χ1n) is 6.42. The lowest BCUT2D eigenvalue weighted by Crippen LogP contribution is -2.36. The first-order chi connectivity index (χ1) is 8.61. The lowest BCUT2D eigenvalue weighted by molar-refractivity contribution is -0.129. The third-order valence-electron chi connectivity index (χ3n) is 2.97. The molecule has 1 aliphatic heterocycles. The number of thioether (sulfide) groups is 1. The van der Waals surface area contributed by atoms with Gasteiger partial charge in [0.15, 0.2) is 0 Å². The number of carbonyl (C=O) groups excluding carboxylic acids is 1. The fourth-order valence-electron chi connectivity index (χ4n) is 1.77. The fraction of sp³-hybridized carbons (Fsp3) is 0.833. The second-order valence-electron chi connectivity index (χ2n) is 4.46. The van der Waals surface area contributed by atoms with Gasteiger partial charge in [-0.1, -0.05) is 0 Å². The molecule has 1 atom stereocenters. The Morgan fingerprint density at radius 2 is 2.11 bits per heavy atom. The zero-order valence-electron chi connectivity index (χ0n) is 11.0. The van der Waals surface area contributed by atoms with Crippen LogP contribution in [0, 0.1) is 5.41 Å². The van der Waals surface area contributed by atoms with Crippen molar-refractivity contribution in [2.45, 2.75) is 32.3 Å². The van der Waals surface area contributed by atoms with Crippen LogP contribution in [0.5, 0.6) is 0 Å². The van der Waals surface area contributed by atoms with Crippen molar-refractivity contribution < 1.29 is 9.53 Å². The molecular formula is C12H23N3O2S. The van der Waals surface area contributed by atoms with E-state index in [1.807, 2.05) is 4.90 Å². The largest absolute Gasteiger partial charge is 0.385 e. The molecule has 5 nitrogen and oxygen atoms in total. The maximum Gasteiger partial charge on any atom is 0.232 e. The molecule has 0 spiro atoms. The van der Waals surface area contributed by atoms with Gasteiger partial charge in [0.25, 0.3) is 0 Å². The van der Waals surface area contributed by atoms with Gasteiger partial charge < -0.3 is 15.4 Å². The second kappa shape index (κ2) is 8.37. The van der Waals surface area contributed by atoms with Gasteiger partial charge in [0.2, 0.25) is 5.91 Å². The van der Waals surface area contributed by atoms with Crippen molar-refractivity contribution in [3.8, 4) is 0 Å². The Balaban J connectivity index is 2.03. The number of nitrogens with zero attached hydrogens (tertiary/aromatic N) is 1. The number of nitrogens with two attached hydrogens (primary N) is 1. The van der Waals surface area contributed by atoms with E-state index in [9.17, 15) is 4.79 Å². The van der Waals surface area contributed by atoms with Gasteiger partial charge in [-0.3, -0.25) is 10.2 Å². The average molecular weight is 273 g/mol. The molecule has 3 N–H and O–H groups in total. The van der Waals surface area contributed by atoms with Crippen LogP contribution in [-0.2, 0) is 9.53 Å². The third-order valence-corrected chi connectivity index (χ3v) is 3.87. The number of hydrogen-bond acceptors (Lipinski definition) is 4. The van der Waals surface area contributed by atoms with Crippen molar-refractivity contribution in [3.05, 3.63) is 0 Å². The van der Waals surface area contributed by atoms with Gasteiger partial charge in [0.05, 0.1) is 12.4 Å². The Labute approximate surface area is 113 Å². The molecule has 1 amide bonds. The summed E-state index contributed by atoms with van der Waals surface area (Å²) in [6.07, 6.45) is 3.18. The Bertz CT molecular complexity index is 280. The van der Waals surface area contributed by atoms with Crippen LogP contribution < -0.4 is 5.73 Å². The minimum absolute atomic E-state index is 0.0457. The molecule has 1 rings (SSSR count). The third kappa shape index (κ3) is 5.73. The summed E-state index contributed by atoms with van der Waals surface area (Å²) in [6.45, 7) is 4.11. The zero-order chi connectivity index (χ0) is 13.4. The summed E-state index contributed by atoms with van der Waals surface area (Å²) in [5.74, 6) is 1.57. The fourth-order valence-corrected chi connectivity index (χ4v) is 2.48. The van der Waals surface area contributed by atoms with E-state index in [-0.39, 0.29) is 17.8 Å². The van der Waals surface area contributed by atoms with E-state index in [2.05, 4.69) is 0 Å². The number of amidine groups is 1. The smallest absolute Gasteiger partial charge is 0.232 e. The van der Waals surface area contributed by atoms with Gasteiger partial charge in [0.1, 0.15) is 11.9 Å². The topological polar surface area (TPSA) is 79.4 Å². The molecule has 0 aliphatic carbocycles. The highest BCUT2D eigenvalue weighted by molar-refractivity contribution is 7.99. The first kappa shape index (κ1) is 15.3. The molecule has 0 aromatic heterocycles. The van der Waals surface area contributed by atoms with Gasteiger partial charge in [0, 0.05) is 18.8 Å². The van der Waals surface area contributed by atoms with Crippen molar-refractivity contribution in [2.24, 2.45) is 5.73 Å². The van der Waals surface area contributed by atoms with Crippen LogP contribution in [0.4, 0.5) is 0 Å². The number of rotatable bonds is 7. The van der Waals surface area contributed by atoms with Crippen molar-refractivity contribution in [3.63, 3.8) is 0 Å². The van der Waals surface area contributed by atoms with Crippen LogP contribution in [0.15, 0.2) is 0 Å². The first-order valence-corrected chi connectivity index (χ1v) is 7.57. The van der Waals surface area contributed by atoms with Gasteiger partial charge in [-0.15, -0.1) is 11.8 Å². The van der Waals surface area contributed by atoms with Crippen molar-refractivity contribution in [1.82, 2.24) is 4.90 Å². The molecule has 0 radical (unpaired) electrons. The minimum Gasteiger partial charge on any atom is -0.385 e. The van der Waals surface area contributed by atoms with E-state index in [0.717, 1.165) is 31.7 Å². The van der Waals surface area contributed by atoms with E-state index in [1.54, 1.807) is 18.7 Å². The summed E-state index contributed by atoms with van der Waals surface area (Å²) in [5, 5.41) is 7.17. The van der Waals surface area contributed by atoms with Crippen LogP contribution in [0.25, 0.3) is 0 Å². The van der Waals surface area contributed by atoms with Crippen molar-refractivity contribution in [2.75, 3.05) is 31.2 Å². The number of likely N-dealkylation sites (tertiary alicyclic amines) is 1. The lowest BCUT2D eigenvalue weighted by Gasteiger charge is -2.26. The summed E-state index contributed by atoms with van der Waals surface area (Å²) in [6, 6.07) is 0. The Kier molecular flexibility index (Phi) is 7.12. The maximum atomic E-state index is 11.8. The Morgan fingerprint density at radius 1 is 1.44 bits per heavy atom. The molecule has 0 aromatic carbocycles. The number of ether oxygens (including phenoxy) is 1. The molecule has 0 saturated carbocycles. The van der Waals surface area contributed by atoms with Crippen molar-refractivity contribution >= 4 is 23.5 Å². The molecular weight excluding hydrogens is 250 g/mol. The summed E-state index contributed by atoms with van der Waals surface area (Å²) >= 11 is 1.58. The van der Waals surface area contributed by atoms with Crippen LogP contribution >= 0.6 is 11.8 Å². The van der Waals surface area contributed by atoms with E-state index in [4.69, 9.17) is 15.9 Å². The van der Waals surface area contributed by atoms with Gasteiger partial charge in [-0.25, -0.2) is 0 Å². The second-order valence-corrected chi connectivity index (χ2v) is 5.57. The zero-order valence-corrected chi connectivity index (χ0v) is 11.8. The molecule has 104 valence electrons. The quantitative estimate of drug-likeness (QED) is 0.413. The number of piperidine rings is 1. The molecule has 0 bridgehead atoms. The van der Waals surface area contributed by atoms with Crippen molar-refractivity contribution in [1.29, 1.82) is 5.41 Å². The number of hydrogen-bond donors (Lipinski definition) is 2. The molecule has 1 heterocycles. The Hall–Kier alpha value is -0.750. The van der Waals surface area contributed by atoms with Crippen LogP contribution in [0.3, 0.4) is 0 Å². The SMILES string of the molecule is CC(OCCSCC(=O)N1CCCCC1)C(=N)N. The van der Waals surface area contributed by atoms with Gasteiger partial charge in [-0.2, -0.15) is 0 Å². The highest BCUT2D eigenvalue weighted by Gasteiger charge is 2.15. The maximum absolute atomic E-state index is 11.8. The average Bonchev–Trinajstić information content (AvgIpc) is 2.38. The predicted molar refractivity (Wildman–Crippen MR) is 75.1 cm³/mol. The normalized spacial score (nSPS) is 17.5. The molecule has 1 saturated heterocycles. The van der Waals surface area contributed by atoms with Crippen LogP contribution in [-0.4, -0.2) is 53.9 Å². The predicted octanol–water partition coefficient (Wildman–Crippen LogP) is 1.07. The lowest BCUT2D eigenvalue weighted by atomic mass is 10.1. The minimum atomic E-state index is -0.330. The molecule has 1 fully saturated rings. The highest BCUT2D eigenvalue weighted by atomic mass is 32.2. The number of nitrogens with one attached hydrogen (secondary N) is 1. The van der Waals surface area contributed by atoms with E-state index in [1.165, 1.54) is 6.42 Å². The number of amides is 1. The summed E-state index contributed by atoms with van der Waals surface area (Å²) < 4.78 is 5.34. The van der Waals surface area contributed by atoms with Gasteiger partial charge >= 0.3 is 0 Å². The molecule has 1 aliphatic rings. The van der Waals surface area contributed by atoms with Crippen LogP contribution in [0.1, 0.15) is 26.2 Å². The summed E-state index contributed by atoms with van der Waals surface area (Å²) in [5.41, 5.74) is 5.29. The molecule has 1 unspecified atom stereocenters. The Morgan fingerprint density at radius 3 is 2.72 bits per heavy atom. The standard InChI is InChI=1S/C12H23N3O2S/c1-10(12(13)14)17-7-8-18-9-11(16)15-5-3-2-4-6-15/h10H,2-9H2,1H3,(H3,13,14). The van der Waals surface area contributed by atoms with Crippen LogP contribution in [0.2, 0.25) is 0 Å². The van der Waals surface area contributed by atoms with Gasteiger partial charge in [-0.05, 0) is 26.2 Å². The monoisotopic (exact) mass is 273 g/mol. The highest BCUT2D eigenvalue weighted by Crippen LogP contribution is 2.11. The summed E-state index contributed by atoms with van der Waals surface area (Å²) in [4.78, 5) is 13.8. The van der Waals surface area contributed by atoms with E-state index >= 15 is 0 Å². The molecule has 6 heteroatoms. The number of carbonyl (C=O) groups is 1.